The Kier molecular flexibility index (Phi) is 5.85. The van der Waals surface area contributed by atoms with Crippen molar-refractivity contribution in [2.75, 3.05) is 32.7 Å². The summed E-state index contributed by atoms with van der Waals surface area (Å²) in [4.78, 5) is 27.1. The van der Waals surface area contributed by atoms with Crippen LogP contribution < -0.4 is 10.6 Å². The fraction of sp³-hybridized carbons (Fsp3) is 0.579. The standard InChI is InChI=1S/C19H26ClN3O3/c1-2-23(18(25)26)19(17(24)14-7-9-21-10-8-14)12-22-11-16(19)13-3-5-15(20)6-4-13/h3-6,14,16,21-22H,2,7-12H2,1H3,(H,25,26)/t16-,19+/m0/s1. The minimum atomic E-state index is -1.07. The average Bonchev–Trinajstić information content (AvgIpc) is 3.08. The van der Waals surface area contributed by atoms with Gasteiger partial charge in [-0.1, -0.05) is 23.7 Å². The molecule has 2 aliphatic heterocycles. The summed E-state index contributed by atoms with van der Waals surface area (Å²) in [6.07, 6.45) is 0.466. The lowest BCUT2D eigenvalue weighted by atomic mass is 9.72. The van der Waals surface area contributed by atoms with Crippen LogP contribution in [0.3, 0.4) is 0 Å². The number of hydrogen-bond donors (Lipinski definition) is 3. The Balaban J connectivity index is 2.05. The maximum atomic E-state index is 13.7. The Hall–Kier alpha value is -1.63. The van der Waals surface area contributed by atoms with Gasteiger partial charge in [0.1, 0.15) is 5.54 Å². The van der Waals surface area contributed by atoms with Gasteiger partial charge < -0.3 is 15.7 Å². The van der Waals surface area contributed by atoms with Crippen molar-refractivity contribution in [2.45, 2.75) is 31.2 Å². The number of carbonyl (C=O) groups excluding carboxylic acids is 1. The van der Waals surface area contributed by atoms with Gasteiger partial charge in [0, 0.05) is 36.5 Å². The SMILES string of the molecule is CCN(C(=O)O)[C@]1(C(=O)C2CCNCC2)CNC[C@H]1c1ccc(Cl)cc1. The molecule has 2 aliphatic rings. The molecule has 2 fully saturated rings. The molecule has 3 N–H and O–H groups in total. The highest BCUT2D eigenvalue weighted by Gasteiger charge is 2.56. The van der Waals surface area contributed by atoms with Gasteiger partial charge in [0.25, 0.3) is 0 Å². The van der Waals surface area contributed by atoms with E-state index in [0.717, 1.165) is 31.5 Å². The normalized spacial score (nSPS) is 26.6. The van der Waals surface area contributed by atoms with Crippen molar-refractivity contribution >= 4 is 23.5 Å². The van der Waals surface area contributed by atoms with Crippen molar-refractivity contribution in [3.8, 4) is 0 Å². The molecular weight excluding hydrogens is 354 g/mol. The van der Waals surface area contributed by atoms with Gasteiger partial charge in [-0.3, -0.25) is 9.69 Å². The molecule has 142 valence electrons. The molecule has 0 unspecified atom stereocenters. The van der Waals surface area contributed by atoms with Crippen molar-refractivity contribution in [3.05, 3.63) is 34.9 Å². The van der Waals surface area contributed by atoms with E-state index in [1.54, 1.807) is 19.1 Å². The highest BCUT2D eigenvalue weighted by Crippen LogP contribution is 2.41. The van der Waals surface area contributed by atoms with Crippen LogP contribution in [0.1, 0.15) is 31.2 Å². The van der Waals surface area contributed by atoms with E-state index in [-0.39, 0.29) is 24.2 Å². The van der Waals surface area contributed by atoms with E-state index in [1.807, 2.05) is 12.1 Å². The Morgan fingerprint density at radius 3 is 2.46 bits per heavy atom. The van der Waals surface area contributed by atoms with Crippen LogP contribution >= 0.6 is 11.6 Å². The molecule has 0 aliphatic carbocycles. The first kappa shape index (κ1) is 19.1. The molecular formula is C19H26ClN3O3. The zero-order valence-corrected chi connectivity index (χ0v) is 15.8. The molecule has 2 atom stereocenters. The third-order valence-corrected chi connectivity index (χ3v) is 6.01. The number of amides is 1. The molecule has 3 rings (SSSR count). The topological polar surface area (TPSA) is 81.7 Å². The highest BCUT2D eigenvalue weighted by atomic mass is 35.5. The number of carbonyl (C=O) groups is 2. The first-order valence-electron chi connectivity index (χ1n) is 9.22. The van der Waals surface area contributed by atoms with E-state index in [2.05, 4.69) is 10.6 Å². The maximum absolute atomic E-state index is 13.7. The Morgan fingerprint density at radius 1 is 1.23 bits per heavy atom. The lowest BCUT2D eigenvalue weighted by molar-refractivity contribution is -0.135. The number of Topliss-reactive ketones (excluding diaryl/α,β-unsaturated/α-hetero) is 1. The quantitative estimate of drug-likeness (QED) is 0.731. The van der Waals surface area contributed by atoms with Gasteiger partial charge >= 0.3 is 6.09 Å². The monoisotopic (exact) mass is 379 g/mol. The number of rotatable bonds is 5. The van der Waals surface area contributed by atoms with Gasteiger partial charge in [0.15, 0.2) is 5.78 Å². The zero-order chi connectivity index (χ0) is 18.7. The third kappa shape index (κ3) is 3.33. The van der Waals surface area contributed by atoms with Crippen LogP contribution in [0.25, 0.3) is 0 Å². The van der Waals surface area contributed by atoms with Crippen LogP contribution in [0.2, 0.25) is 5.02 Å². The lowest BCUT2D eigenvalue weighted by Gasteiger charge is -2.44. The van der Waals surface area contributed by atoms with Gasteiger partial charge in [-0.25, -0.2) is 4.79 Å². The number of ketones is 1. The smallest absolute Gasteiger partial charge is 0.408 e. The summed E-state index contributed by atoms with van der Waals surface area (Å²) >= 11 is 6.02. The van der Waals surface area contributed by atoms with Crippen molar-refractivity contribution in [1.82, 2.24) is 15.5 Å². The van der Waals surface area contributed by atoms with Crippen LogP contribution in [0.15, 0.2) is 24.3 Å². The van der Waals surface area contributed by atoms with Crippen molar-refractivity contribution in [2.24, 2.45) is 5.92 Å². The minimum Gasteiger partial charge on any atom is -0.465 e. The Labute approximate surface area is 158 Å². The van der Waals surface area contributed by atoms with E-state index >= 15 is 0 Å². The van der Waals surface area contributed by atoms with E-state index in [1.165, 1.54) is 4.90 Å². The minimum absolute atomic E-state index is 0.0493. The van der Waals surface area contributed by atoms with E-state index in [9.17, 15) is 14.7 Å². The number of nitrogens with one attached hydrogen (secondary N) is 2. The summed E-state index contributed by atoms with van der Waals surface area (Å²) in [5.41, 5.74) is -0.127. The molecule has 1 amide bonds. The molecule has 1 aromatic rings. The number of carboxylic acid groups (broad SMARTS) is 1. The molecule has 6 nitrogen and oxygen atoms in total. The largest absolute Gasteiger partial charge is 0.465 e. The molecule has 0 spiro atoms. The highest BCUT2D eigenvalue weighted by molar-refractivity contribution is 6.30. The van der Waals surface area contributed by atoms with Crippen LogP contribution in [-0.2, 0) is 4.79 Å². The van der Waals surface area contributed by atoms with Crippen molar-refractivity contribution < 1.29 is 14.7 Å². The van der Waals surface area contributed by atoms with E-state index in [0.29, 0.717) is 18.1 Å². The molecule has 0 radical (unpaired) electrons. The fourth-order valence-corrected chi connectivity index (χ4v) is 4.61. The van der Waals surface area contributed by atoms with Gasteiger partial charge in [-0.15, -0.1) is 0 Å². The molecule has 26 heavy (non-hydrogen) atoms. The molecule has 0 saturated carbocycles. The molecule has 0 bridgehead atoms. The van der Waals surface area contributed by atoms with Gasteiger partial charge in [0.2, 0.25) is 0 Å². The number of likely N-dealkylation sites (N-methyl/N-ethyl adjacent to an activating group) is 1. The van der Waals surface area contributed by atoms with Gasteiger partial charge in [0.05, 0.1) is 0 Å². The number of piperidine rings is 1. The zero-order valence-electron chi connectivity index (χ0n) is 15.0. The Bertz CT molecular complexity index is 660. The summed E-state index contributed by atoms with van der Waals surface area (Å²) in [6, 6.07) is 7.40. The van der Waals surface area contributed by atoms with Gasteiger partial charge in [-0.2, -0.15) is 0 Å². The van der Waals surface area contributed by atoms with Crippen LogP contribution in [0.5, 0.6) is 0 Å². The van der Waals surface area contributed by atoms with Crippen molar-refractivity contribution in [3.63, 3.8) is 0 Å². The first-order chi connectivity index (χ1) is 12.5. The average molecular weight is 380 g/mol. The molecule has 1 aromatic carbocycles. The number of benzene rings is 1. The fourth-order valence-electron chi connectivity index (χ4n) is 4.49. The summed E-state index contributed by atoms with van der Waals surface area (Å²) in [7, 11) is 0. The van der Waals surface area contributed by atoms with Crippen LogP contribution in [0, 0.1) is 5.92 Å². The van der Waals surface area contributed by atoms with Crippen molar-refractivity contribution in [1.29, 1.82) is 0 Å². The first-order valence-corrected chi connectivity index (χ1v) is 9.60. The summed E-state index contributed by atoms with van der Waals surface area (Å²) in [5.74, 6) is -0.286. The lowest BCUT2D eigenvalue weighted by Crippen LogP contribution is -2.63. The number of nitrogens with zero attached hydrogens (tertiary/aromatic N) is 1. The second kappa shape index (κ2) is 7.94. The second-order valence-electron chi connectivity index (χ2n) is 7.07. The Morgan fingerprint density at radius 2 is 1.88 bits per heavy atom. The summed E-state index contributed by atoms with van der Waals surface area (Å²) < 4.78 is 0. The molecule has 0 aromatic heterocycles. The molecule has 2 saturated heterocycles. The number of hydrogen-bond acceptors (Lipinski definition) is 4. The third-order valence-electron chi connectivity index (χ3n) is 5.76. The summed E-state index contributed by atoms with van der Waals surface area (Å²) in [6.45, 7) is 4.58. The van der Waals surface area contributed by atoms with Crippen LogP contribution in [0.4, 0.5) is 4.79 Å². The maximum Gasteiger partial charge on any atom is 0.408 e. The van der Waals surface area contributed by atoms with Crippen LogP contribution in [-0.4, -0.2) is 60.1 Å². The molecule has 2 heterocycles. The van der Waals surface area contributed by atoms with E-state index < -0.39 is 11.6 Å². The summed E-state index contributed by atoms with van der Waals surface area (Å²) in [5, 5.41) is 17.1. The predicted molar refractivity (Wildman–Crippen MR) is 101 cm³/mol. The predicted octanol–water partition coefficient (Wildman–Crippen LogP) is 2.33. The number of halogens is 1. The van der Waals surface area contributed by atoms with E-state index in [4.69, 9.17) is 11.6 Å². The van der Waals surface area contributed by atoms with Gasteiger partial charge in [-0.05, 0) is 50.6 Å². The molecule has 7 heteroatoms. The second-order valence-corrected chi connectivity index (χ2v) is 7.51.